The van der Waals surface area contributed by atoms with E-state index in [0.717, 1.165) is 31.5 Å². The van der Waals surface area contributed by atoms with Crippen LogP contribution in [0.5, 0.6) is 5.75 Å². The Kier molecular flexibility index (Phi) is 7.15. The van der Waals surface area contributed by atoms with Gasteiger partial charge in [-0.1, -0.05) is 32.6 Å². The molecule has 1 aromatic heterocycles. The predicted octanol–water partition coefficient (Wildman–Crippen LogP) is 1.53. The van der Waals surface area contributed by atoms with Gasteiger partial charge in [-0.05, 0) is 18.9 Å². The lowest BCUT2D eigenvalue weighted by molar-refractivity contribution is -0.217. The summed E-state index contributed by atoms with van der Waals surface area (Å²) in [6, 6.07) is 1.91. The van der Waals surface area contributed by atoms with E-state index in [4.69, 9.17) is 19.9 Å². The molecular weight excluding hydrogens is 420 g/mol. The van der Waals surface area contributed by atoms with Gasteiger partial charge in [0.15, 0.2) is 6.29 Å². The molecule has 3 fully saturated rings. The molecule has 2 aliphatic heterocycles. The maximum atomic E-state index is 9.37. The van der Waals surface area contributed by atoms with Gasteiger partial charge in [0, 0.05) is 41.9 Å². The second kappa shape index (κ2) is 9.90. The summed E-state index contributed by atoms with van der Waals surface area (Å²) in [5.74, 6) is 7.03. The molecule has 3 heterocycles. The fourth-order valence-electron chi connectivity index (χ4n) is 3.86. The first kappa shape index (κ1) is 23.8. The van der Waals surface area contributed by atoms with Crippen molar-refractivity contribution in [2.45, 2.75) is 46.0 Å². The number of pyridine rings is 1. The van der Waals surface area contributed by atoms with Crippen LogP contribution in [0.1, 0.15) is 44.9 Å². The number of aromatic nitrogens is 1. The first-order valence-electron chi connectivity index (χ1n) is 11.7. The summed E-state index contributed by atoms with van der Waals surface area (Å²) in [5, 5.41) is 12.5. The lowest BCUT2D eigenvalue weighted by Gasteiger charge is -2.46. The number of hydrogen-bond acceptors (Lipinski definition) is 8. The zero-order chi connectivity index (χ0) is 23.5. The van der Waals surface area contributed by atoms with E-state index in [0.29, 0.717) is 43.4 Å². The van der Waals surface area contributed by atoms with Gasteiger partial charge >= 0.3 is 0 Å². The van der Waals surface area contributed by atoms with E-state index < -0.39 is 0 Å². The summed E-state index contributed by atoms with van der Waals surface area (Å²) in [6.07, 6.45) is 5.47. The highest BCUT2D eigenvalue weighted by molar-refractivity contribution is 5.65. The monoisotopic (exact) mass is 456 g/mol. The van der Waals surface area contributed by atoms with Crippen molar-refractivity contribution in [3.05, 3.63) is 29.7 Å². The molecule has 1 aromatic rings. The SMILES string of the molecule is CC1(C)COC(CN/C=C(\N)c2ncc(C#CCN3CC(C)(CO)C3)cc2OC2CC2)OC1. The molecule has 4 N–H and O–H groups in total. The van der Waals surface area contributed by atoms with E-state index in [-0.39, 0.29) is 29.8 Å². The molecule has 1 aliphatic carbocycles. The molecule has 1 saturated carbocycles. The van der Waals surface area contributed by atoms with E-state index in [9.17, 15) is 5.11 Å². The Balaban J connectivity index is 1.35. The van der Waals surface area contributed by atoms with Crippen LogP contribution in [-0.4, -0.2) is 73.4 Å². The maximum absolute atomic E-state index is 9.37. The van der Waals surface area contributed by atoms with Crippen molar-refractivity contribution in [3.63, 3.8) is 0 Å². The largest absolute Gasteiger partial charge is 0.488 e. The summed E-state index contributed by atoms with van der Waals surface area (Å²) >= 11 is 0. The topological polar surface area (TPSA) is 102 Å². The molecular formula is C25H36N4O4. The average molecular weight is 457 g/mol. The van der Waals surface area contributed by atoms with E-state index in [1.165, 1.54) is 0 Å². The molecule has 33 heavy (non-hydrogen) atoms. The predicted molar refractivity (Wildman–Crippen MR) is 126 cm³/mol. The van der Waals surface area contributed by atoms with Gasteiger partial charge in [0.25, 0.3) is 0 Å². The third-order valence-corrected chi connectivity index (χ3v) is 5.93. The Hall–Kier alpha value is -2.31. The smallest absolute Gasteiger partial charge is 0.174 e. The molecule has 0 aromatic carbocycles. The number of hydrogen-bond donors (Lipinski definition) is 3. The van der Waals surface area contributed by atoms with Gasteiger partial charge in [0.1, 0.15) is 11.4 Å². The van der Waals surface area contributed by atoms with Gasteiger partial charge in [0.2, 0.25) is 0 Å². The van der Waals surface area contributed by atoms with E-state index in [2.05, 4.69) is 47.8 Å². The number of aliphatic hydroxyl groups is 1. The lowest BCUT2D eigenvalue weighted by Crippen LogP contribution is -2.56. The summed E-state index contributed by atoms with van der Waals surface area (Å²) < 4.78 is 17.6. The number of likely N-dealkylation sites (tertiary alicyclic amines) is 1. The second-order valence-corrected chi connectivity index (χ2v) is 10.5. The van der Waals surface area contributed by atoms with Crippen molar-refractivity contribution in [2.75, 3.05) is 46.0 Å². The van der Waals surface area contributed by atoms with Gasteiger partial charge in [0.05, 0.1) is 44.7 Å². The summed E-state index contributed by atoms with van der Waals surface area (Å²) in [7, 11) is 0. The second-order valence-electron chi connectivity index (χ2n) is 10.5. The van der Waals surface area contributed by atoms with Crippen LogP contribution in [0.25, 0.3) is 5.70 Å². The molecule has 4 rings (SSSR count). The molecule has 0 atom stereocenters. The van der Waals surface area contributed by atoms with Crippen molar-refractivity contribution in [1.82, 2.24) is 15.2 Å². The molecule has 0 amide bonds. The first-order chi connectivity index (χ1) is 15.8. The van der Waals surface area contributed by atoms with E-state index in [1.54, 1.807) is 12.4 Å². The summed E-state index contributed by atoms with van der Waals surface area (Å²) in [6.45, 7) is 10.8. The van der Waals surface area contributed by atoms with Crippen molar-refractivity contribution in [1.29, 1.82) is 0 Å². The molecule has 0 unspecified atom stereocenters. The lowest BCUT2D eigenvalue weighted by atomic mass is 9.83. The fourth-order valence-corrected chi connectivity index (χ4v) is 3.86. The quantitative estimate of drug-likeness (QED) is 0.507. The Morgan fingerprint density at radius 3 is 2.73 bits per heavy atom. The van der Waals surface area contributed by atoms with Crippen LogP contribution in [0.15, 0.2) is 18.5 Å². The molecule has 3 aliphatic rings. The minimum Gasteiger partial charge on any atom is -0.488 e. The normalized spacial score (nSPS) is 22.7. The molecule has 8 nitrogen and oxygen atoms in total. The Morgan fingerprint density at radius 1 is 1.33 bits per heavy atom. The highest BCUT2D eigenvalue weighted by Crippen LogP contribution is 2.31. The Labute approximate surface area is 196 Å². The number of nitrogens with zero attached hydrogens (tertiary/aromatic N) is 2. The average Bonchev–Trinajstić information content (AvgIpc) is 3.57. The molecule has 2 saturated heterocycles. The number of aliphatic hydroxyl groups excluding tert-OH is 1. The number of ether oxygens (including phenoxy) is 3. The summed E-state index contributed by atoms with van der Waals surface area (Å²) in [4.78, 5) is 6.76. The molecule has 8 heteroatoms. The molecule has 0 spiro atoms. The fraction of sp³-hybridized carbons (Fsp3) is 0.640. The zero-order valence-corrected chi connectivity index (χ0v) is 19.9. The third kappa shape index (κ3) is 6.61. The number of nitrogens with one attached hydrogen (secondary N) is 1. The third-order valence-electron chi connectivity index (χ3n) is 5.93. The molecule has 0 radical (unpaired) electrons. The van der Waals surface area contributed by atoms with E-state index >= 15 is 0 Å². The zero-order valence-electron chi connectivity index (χ0n) is 19.9. The number of nitrogens with two attached hydrogens (primary N) is 1. The van der Waals surface area contributed by atoms with Gasteiger partial charge in [-0.2, -0.15) is 0 Å². The number of rotatable bonds is 8. The Bertz CT molecular complexity index is 916. The standard InChI is InChI=1S/C25H36N4O4/c1-24(2)16-31-22(32-17-24)12-27-11-20(26)23-21(33-19-6-7-19)9-18(10-28-23)5-4-8-29-13-25(3,14-29)15-30/h9-11,19,22,27,30H,6-8,12-17,26H2,1-3H3/b20-11-. The minimum absolute atomic E-state index is 0.0138. The maximum Gasteiger partial charge on any atom is 0.174 e. The van der Waals surface area contributed by atoms with Gasteiger partial charge in [-0.25, -0.2) is 4.98 Å². The van der Waals surface area contributed by atoms with Gasteiger partial charge < -0.3 is 30.4 Å². The molecule has 0 bridgehead atoms. The van der Waals surface area contributed by atoms with Crippen LogP contribution in [0.2, 0.25) is 0 Å². The van der Waals surface area contributed by atoms with Crippen LogP contribution in [0.3, 0.4) is 0 Å². The highest BCUT2D eigenvalue weighted by Gasteiger charge is 2.37. The van der Waals surface area contributed by atoms with Crippen molar-refractivity contribution < 1.29 is 19.3 Å². The Morgan fingerprint density at radius 2 is 2.06 bits per heavy atom. The van der Waals surface area contributed by atoms with Gasteiger partial charge in [-0.15, -0.1) is 0 Å². The van der Waals surface area contributed by atoms with Crippen LogP contribution >= 0.6 is 0 Å². The van der Waals surface area contributed by atoms with Crippen LogP contribution in [0, 0.1) is 22.7 Å². The van der Waals surface area contributed by atoms with Crippen molar-refractivity contribution in [3.8, 4) is 17.6 Å². The van der Waals surface area contributed by atoms with Crippen molar-refractivity contribution in [2.24, 2.45) is 16.6 Å². The molecule has 180 valence electrons. The van der Waals surface area contributed by atoms with Gasteiger partial charge in [-0.3, -0.25) is 4.90 Å². The van der Waals surface area contributed by atoms with Crippen LogP contribution in [-0.2, 0) is 9.47 Å². The minimum atomic E-state index is -0.295. The van der Waals surface area contributed by atoms with Crippen LogP contribution < -0.4 is 15.8 Å². The van der Waals surface area contributed by atoms with Crippen LogP contribution in [0.4, 0.5) is 0 Å². The van der Waals surface area contributed by atoms with E-state index in [1.807, 2.05) is 6.07 Å². The first-order valence-corrected chi connectivity index (χ1v) is 11.7. The highest BCUT2D eigenvalue weighted by atomic mass is 16.7. The van der Waals surface area contributed by atoms with Crippen molar-refractivity contribution >= 4 is 5.70 Å². The summed E-state index contributed by atoms with van der Waals surface area (Å²) in [5.41, 5.74) is 8.27.